The number of benzene rings is 1. The van der Waals surface area contributed by atoms with Gasteiger partial charge in [0.1, 0.15) is 5.82 Å². The van der Waals surface area contributed by atoms with E-state index in [4.69, 9.17) is 19.2 Å². The zero-order valence-electron chi connectivity index (χ0n) is 18.3. The van der Waals surface area contributed by atoms with Crippen LogP contribution in [0.3, 0.4) is 0 Å². The normalized spacial score (nSPS) is 23.5. The van der Waals surface area contributed by atoms with E-state index in [2.05, 4.69) is 9.97 Å². The third-order valence-electron chi connectivity index (χ3n) is 5.95. The van der Waals surface area contributed by atoms with Crippen LogP contribution >= 0.6 is 0 Å². The van der Waals surface area contributed by atoms with Crippen LogP contribution in [0.1, 0.15) is 19.0 Å². The van der Waals surface area contributed by atoms with Gasteiger partial charge in [0.25, 0.3) is 0 Å². The zero-order valence-corrected chi connectivity index (χ0v) is 18.3. The average Bonchev–Trinajstić information content (AvgIpc) is 3.31. The fraction of sp³-hybridized carbons (Fsp3) is 0.375. The maximum absolute atomic E-state index is 13.5. The number of ether oxygens (including phenoxy) is 3. The van der Waals surface area contributed by atoms with E-state index in [1.807, 2.05) is 19.1 Å². The molecule has 3 aromatic rings. The molecule has 0 atom stereocenters. The van der Waals surface area contributed by atoms with Gasteiger partial charge in [0, 0.05) is 36.6 Å². The van der Waals surface area contributed by atoms with Crippen molar-refractivity contribution in [2.75, 3.05) is 39.5 Å². The first-order chi connectivity index (χ1) is 16.0. The molecule has 9 heteroatoms. The molecule has 2 aliphatic rings. The van der Waals surface area contributed by atoms with E-state index >= 15 is 0 Å². The Morgan fingerprint density at radius 3 is 2.39 bits per heavy atom. The Morgan fingerprint density at radius 1 is 1.06 bits per heavy atom. The SMILES string of the molecule is C[C@]1(C(=O)N2CCOCC2)CO[C@H](c2nc(-c3ccc(F)cc3)c(-c3ccncc3)[nH]2)OC1. The molecule has 5 rings (SSSR count). The Labute approximate surface area is 190 Å². The highest BCUT2D eigenvalue weighted by Gasteiger charge is 2.43. The number of rotatable bonds is 4. The molecule has 4 heterocycles. The molecule has 8 nitrogen and oxygen atoms in total. The molecular weight excluding hydrogens is 427 g/mol. The molecule has 172 valence electrons. The fourth-order valence-electron chi connectivity index (χ4n) is 4.09. The number of H-pyrrole nitrogens is 1. The smallest absolute Gasteiger partial charge is 0.233 e. The molecule has 0 aliphatic carbocycles. The number of nitrogens with one attached hydrogen (secondary N) is 1. The van der Waals surface area contributed by atoms with Gasteiger partial charge in [-0.1, -0.05) is 0 Å². The first kappa shape index (κ1) is 21.7. The van der Waals surface area contributed by atoms with E-state index in [0.29, 0.717) is 37.8 Å². The van der Waals surface area contributed by atoms with Gasteiger partial charge >= 0.3 is 0 Å². The zero-order chi connectivity index (χ0) is 22.8. The summed E-state index contributed by atoms with van der Waals surface area (Å²) in [5, 5.41) is 0. The topological polar surface area (TPSA) is 89.6 Å². The summed E-state index contributed by atoms with van der Waals surface area (Å²) < 4.78 is 30.8. The Bertz CT molecular complexity index is 1110. The van der Waals surface area contributed by atoms with Gasteiger partial charge in [0.2, 0.25) is 12.2 Å². The van der Waals surface area contributed by atoms with Gasteiger partial charge in [-0.3, -0.25) is 9.78 Å². The largest absolute Gasteiger partial charge is 0.378 e. The number of hydrogen-bond acceptors (Lipinski definition) is 6. The van der Waals surface area contributed by atoms with Crippen LogP contribution in [0.5, 0.6) is 0 Å². The summed E-state index contributed by atoms with van der Waals surface area (Å²) in [7, 11) is 0. The van der Waals surface area contributed by atoms with Gasteiger partial charge in [-0.25, -0.2) is 9.37 Å². The number of aromatic amines is 1. The second-order valence-corrected chi connectivity index (χ2v) is 8.51. The van der Waals surface area contributed by atoms with E-state index in [9.17, 15) is 9.18 Å². The van der Waals surface area contributed by atoms with E-state index in [-0.39, 0.29) is 24.9 Å². The molecule has 0 unspecified atom stereocenters. The molecule has 1 aromatic carbocycles. The molecule has 1 amide bonds. The van der Waals surface area contributed by atoms with Crippen LogP contribution in [0.15, 0.2) is 48.8 Å². The summed E-state index contributed by atoms with van der Waals surface area (Å²) in [6.45, 7) is 4.52. The molecule has 33 heavy (non-hydrogen) atoms. The molecular formula is C24H25FN4O4. The van der Waals surface area contributed by atoms with Crippen molar-refractivity contribution in [1.82, 2.24) is 19.9 Å². The van der Waals surface area contributed by atoms with Gasteiger partial charge in [0.15, 0.2) is 5.82 Å². The number of aromatic nitrogens is 3. The number of imidazole rings is 1. The minimum Gasteiger partial charge on any atom is -0.378 e. The minimum atomic E-state index is -0.770. The average molecular weight is 452 g/mol. The molecule has 0 saturated carbocycles. The lowest BCUT2D eigenvalue weighted by atomic mass is 9.90. The fourth-order valence-corrected chi connectivity index (χ4v) is 4.09. The predicted octanol–water partition coefficient (Wildman–Crippen LogP) is 3.19. The summed E-state index contributed by atoms with van der Waals surface area (Å²) in [5.41, 5.74) is 2.28. The third-order valence-corrected chi connectivity index (χ3v) is 5.95. The summed E-state index contributed by atoms with van der Waals surface area (Å²) >= 11 is 0. The van der Waals surface area contributed by atoms with Crippen molar-refractivity contribution in [2.24, 2.45) is 5.41 Å². The molecule has 1 N–H and O–H groups in total. The highest BCUT2D eigenvalue weighted by molar-refractivity contribution is 5.83. The lowest BCUT2D eigenvalue weighted by Crippen LogP contribution is -2.53. The highest BCUT2D eigenvalue weighted by Crippen LogP contribution is 2.36. The highest BCUT2D eigenvalue weighted by atomic mass is 19.1. The van der Waals surface area contributed by atoms with Crippen LogP contribution in [0, 0.1) is 11.2 Å². The van der Waals surface area contributed by atoms with Crippen molar-refractivity contribution in [3.05, 3.63) is 60.4 Å². The molecule has 2 saturated heterocycles. The van der Waals surface area contributed by atoms with Crippen molar-refractivity contribution in [2.45, 2.75) is 13.2 Å². The van der Waals surface area contributed by atoms with Crippen LogP contribution in [-0.4, -0.2) is 65.3 Å². The Kier molecular flexibility index (Phi) is 5.92. The predicted molar refractivity (Wildman–Crippen MR) is 117 cm³/mol. The van der Waals surface area contributed by atoms with Gasteiger partial charge in [-0.05, 0) is 43.3 Å². The number of amides is 1. The van der Waals surface area contributed by atoms with Crippen LogP contribution in [-0.2, 0) is 19.0 Å². The van der Waals surface area contributed by atoms with Crippen molar-refractivity contribution < 1.29 is 23.4 Å². The number of nitrogens with zero attached hydrogens (tertiary/aromatic N) is 3. The summed E-state index contributed by atoms with van der Waals surface area (Å²) in [6, 6.07) is 9.89. The molecule has 2 fully saturated rings. The first-order valence-corrected chi connectivity index (χ1v) is 10.9. The van der Waals surface area contributed by atoms with E-state index in [0.717, 1.165) is 16.8 Å². The second kappa shape index (κ2) is 9.01. The van der Waals surface area contributed by atoms with Crippen LogP contribution in [0.2, 0.25) is 0 Å². The number of carbonyl (C=O) groups is 1. The van der Waals surface area contributed by atoms with Crippen molar-refractivity contribution in [3.8, 4) is 22.5 Å². The summed E-state index contributed by atoms with van der Waals surface area (Å²) in [4.78, 5) is 26.9. The molecule has 2 aromatic heterocycles. The van der Waals surface area contributed by atoms with E-state index in [1.165, 1.54) is 12.1 Å². The van der Waals surface area contributed by atoms with Crippen LogP contribution in [0.4, 0.5) is 4.39 Å². The molecule has 0 radical (unpaired) electrons. The molecule has 0 bridgehead atoms. The Balaban J connectivity index is 1.39. The van der Waals surface area contributed by atoms with E-state index in [1.54, 1.807) is 29.4 Å². The van der Waals surface area contributed by atoms with Gasteiger partial charge in [0.05, 0.1) is 43.2 Å². The number of halogens is 1. The van der Waals surface area contributed by atoms with Crippen molar-refractivity contribution in [1.29, 1.82) is 0 Å². The monoisotopic (exact) mass is 452 g/mol. The standard InChI is InChI=1S/C24H25FN4O4/c1-24(23(30)29-10-12-31-13-11-29)14-32-22(33-15-24)21-27-19(16-2-4-18(25)5-3-16)20(28-21)17-6-8-26-9-7-17/h2-9,22H,10-15H2,1H3,(H,27,28)/t22-,24-. The third kappa shape index (κ3) is 4.39. The number of morpholine rings is 1. The maximum atomic E-state index is 13.5. The summed E-state index contributed by atoms with van der Waals surface area (Å²) in [5.74, 6) is 0.179. The Morgan fingerprint density at radius 2 is 1.73 bits per heavy atom. The second-order valence-electron chi connectivity index (χ2n) is 8.51. The quantitative estimate of drug-likeness (QED) is 0.654. The maximum Gasteiger partial charge on any atom is 0.233 e. The van der Waals surface area contributed by atoms with Gasteiger partial charge in [-0.15, -0.1) is 0 Å². The lowest BCUT2D eigenvalue weighted by Gasteiger charge is -2.39. The van der Waals surface area contributed by atoms with Crippen molar-refractivity contribution >= 4 is 5.91 Å². The Hall–Kier alpha value is -3.14. The first-order valence-electron chi connectivity index (χ1n) is 10.9. The number of hydrogen-bond donors (Lipinski definition) is 1. The molecule has 2 aliphatic heterocycles. The van der Waals surface area contributed by atoms with Crippen molar-refractivity contribution in [3.63, 3.8) is 0 Å². The van der Waals surface area contributed by atoms with Crippen LogP contribution < -0.4 is 0 Å². The number of carbonyl (C=O) groups excluding carboxylic acids is 1. The number of pyridine rings is 1. The lowest BCUT2D eigenvalue weighted by molar-refractivity contribution is -0.235. The summed E-state index contributed by atoms with van der Waals surface area (Å²) in [6.07, 6.45) is 2.64. The van der Waals surface area contributed by atoms with Crippen LogP contribution in [0.25, 0.3) is 22.5 Å². The van der Waals surface area contributed by atoms with E-state index < -0.39 is 11.7 Å². The van der Waals surface area contributed by atoms with Gasteiger partial charge < -0.3 is 24.1 Å². The molecule has 0 spiro atoms. The van der Waals surface area contributed by atoms with Gasteiger partial charge in [-0.2, -0.15) is 0 Å². The minimum absolute atomic E-state index is 0.00757.